The highest BCUT2D eigenvalue weighted by molar-refractivity contribution is 5.89. The summed E-state index contributed by atoms with van der Waals surface area (Å²) in [6.07, 6.45) is 1.32. The summed E-state index contributed by atoms with van der Waals surface area (Å²) in [4.78, 5) is 15.7. The fourth-order valence-electron chi connectivity index (χ4n) is 0.755. The Morgan fingerprint density at radius 2 is 2.15 bits per heavy atom. The van der Waals surface area contributed by atoms with E-state index in [1.165, 1.54) is 6.21 Å². The highest BCUT2D eigenvalue weighted by Gasteiger charge is 2.03. The quantitative estimate of drug-likeness (QED) is 0.422. The lowest BCUT2D eigenvalue weighted by atomic mass is 10.2. The maximum Gasteiger partial charge on any atom is 0.365 e. The smallest absolute Gasteiger partial charge is 0.326 e. The van der Waals surface area contributed by atoms with Crippen molar-refractivity contribution in [3.05, 3.63) is 35.9 Å². The van der Waals surface area contributed by atoms with Crippen molar-refractivity contribution in [2.45, 2.75) is 0 Å². The van der Waals surface area contributed by atoms with E-state index >= 15 is 0 Å². The van der Waals surface area contributed by atoms with Crippen LogP contribution in [0.1, 0.15) is 10.4 Å². The van der Waals surface area contributed by atoms with Crippen LogP contribution >= 0.6 is 0 Å². The van der Waals surface area contributed by atoms with Crippen LogP contribution in [-0.2, 0) is 4.84 Å². The van der Waals surface area contributed by atoms with Gasteiger partial charge in [-0.1, -0.05) is 23.4 Å². The minimum absolute atomic E-state index is 0.252. The van der Waals surface area contributed by atoms with Gasteiger partial charge in [0.05, 0.1) is 11.8 Å². The Bertz CT molecular complexity index is 296. The van der Waals surface area contributed by atoms with Gasteiger partial charge in [-0.2, -0.15) is 0 Å². The van der Waals surface area contributed by atoms with Gasteiger partial charge in [-0.3, -0.25) is 0 Å². The van der Waals surface area contributed by atoms with Crippen molar-refractivity contribution in [1.29, 1.82) is 0 Å². The summed E-state index contributed by atoms with van der Waals surface area (Å²) in [5.74, 6) is -0.481. The molecule has 0 saturated heterocycles. The van der Waals surface area contributed by atoms with E-state index in [0.29, 0.717) is 5.56 Å². The van der Waals surface area contributed by atoms with E-state index in [1.807, 2.05) is 6.07 Å². The van der Waals surface area contributed by atoms with Crippen LogP contribution in [-0.4, -0.2) is 18.7 Å². The van der Waals surface area contributed by atoms with Crippen LogP contribution in [0.15, 0.2) is 35.5 Å². The maximum absolute atomic E-state index is 11.1. The third-order valence-electron chi connectivity index (χ3n) is 1.33. The molecule has 0 fully saturated rings. The Hall–Kier alpha value is -1.68. The first-order valence-corrected chi connectivity index (χ1v) is 3.83. The molecule has 0 spiro atoms. The van der Waals surface area contributed by atoms with Crippen LogP contribution in [0.25, 0.3) is 0 Å². The molecule has 0 atom stereocenters. The molecular weight excluding hydrogens is 168 g/mol. The summed E-state index contributed by atoms with van der Waals surface area (Å²) in [7, 11) is 0. The highest BCUT2D eigenvalue weighted by atomic mass is 16.7. The van der Waals surface area contributed by atoms with Gasteiger partial charge in [0.1, 0.15) is 0 Å². The number of carbonyl (C=O) groups excluding carboxylic acids is 1. The minimum atomic E-state index is -0.481. The van der Waals surface area contributed by atoms with Crippen LogP contribution in [0.5, 0.6) is 0 Å². The average Bonchev–Trinajstić information content (AvgIpc) is 2.19. The largest absolute Gasteiger partial charge is 0.365 e. The number of benzene rings is 1. The molecule has 0 aliphatic rings. The summed E-state index contributed by atoms with van der Waals surface area (Å²) in [5.41, 5.74) is 5.58. The zero-order valence-corrected chi connectivity index (χ0v) is 7.01. The lowest BCUT2D eigenvalue weighted by Gasteiger charge is -1.95. The molecule has 0 aliphatic carbocycles. The predicted octanol–water partition coefficient (Wildman–Crippen LogP) is 0.788. The van der Waals surface area contributed by atoms with Crippen molar-refractivity contribution < 1.29 is 9.63 Å². The third kappa shape index (κ3) is 3.04. The molecule has 0 aromatic heterocycles. The minimum Gasteiger partial charge on any atom is -0.326 e. The fraction of sp³-hybridized carbons (Fsp3) is 0.111. The summed E-state index contributed by atoms with van der Waals surface area (Å²) in [6.45, 7) is 0.252. The molecule has 0 radical (unpaired) electrons. The second kappa shape index (κ2) is 5.05. The third-order valence-corrected chi connectivity index (χ3v) is 1.33. The number of rotatable bonds is 3. The number of hydrogen-bond acceptors (Lipinski definition) is 4. The molecule has 0 unspecified atom stereocenters. The van der Waals surface area contributed by atoms with E-state index < -0.39 is 5.97 Å². The van der Waals surface area contributed by atoms with Gasteiger partial charge in [-0.05, 0) is 12.1 Å². The van der Waals surface area contributed by atoms with Crippen LogP contribution in [0.2, 0.25) is 0 Å². The van der Waals surface area contributed by atoms with Crippen molar-refractivity contribution in [1.82, 2.24) is 0 Å². The van der Waals surface area contributed by atoms with Gasteiger partial charge in [0, 0.05) is 6.54 Å². The maximum atomic E-state index is 11.1. The molecule has 0 saturated carbocycles. The molecule has 1 aromatic rings. The topological polar surface area (TPSA) is 64.7 Å². The monoisotopic (exact) mass is 178 g/mol. The molecule has 1 rings (SSSR count). The summed E-state index contributed by atoms with van der Waals surface area (Å²) in [5, 5.41) is 3.37. The first-order valence-electron chi connectivity index (χ1n) is 3.83. The summed E-state index contributed by atoms with van der Waals surface area (Å²) in [6, 6.07) is 8.63. The van der Waals surface area contributed by atoms with Crippen LogP contribution in [0, 0.1) is 0 Å². The standard InChI is InChI=1S/C9H10N2O2/c10-6-7-11-13-9(12)8-4-2-1-3-5-8/h1-5,7H,6,10H2/b11-7-. The lowest BCUT2D eigenvalue weighted by molar-refractivity contribution is 0.0518. The number of nitrogens with zero attached hydrogens (tertiary/aromatic N) is 1. The number of oxime groups is 1. The number of carbonyl (C=O) groups is 1. The van der Waals surface area contributed by atoms with Gasteiger partial charge >= 0.3 is 5.97 Å². The van der Waals surface area contributed by atoms with Gasteiger partial charge in [0.25, 0.3) is 0 Å². The van der Waals surface area contributed by atoms with Crippen molar-refractivity contribution in [3.8, 4) is 0 Å². The SMILES string of the molecule is NC/C=N\OC(=O)c1ccccc1. The van der Waals surface area contributed by atoms with E-state index in [2.05, 4.69) is 9.99 Å². The van der Waals surface area contributed by atoms with Gasteiger partial charge in [0.2, 0.25) is 0 Å². The molecule has 0 amide bonds. The van der Waals surface area contributed by atoms with E-state index in [1.54, 1.807) is 24.3 Å². The van der Waals surface area contributed by atoms with Gasteiger partial charge in [0.15, 0.2) is 0 Å². The molecule has 4 nitrogen and oxygen atoms in total. The molecule has 0 bridgehead atoms. The Morgan fingerprint density at radius 3 is 2.77 bits per heavy atom. The van der Waals surface area contributed by atoms with E-state index in [4.69, 9.17) is 5.73 Å². The predicted molar refractivity (Wildman–Crippen MR) is 49.4 cm³/mol. The first-order chi connectivity index (χ1) is 6.34. The Kier molecular flexibility index (Phi) is 3.66. The lowest BCUT2D eigenvalue weighted by Crippen LogP contribution is -2.03. The van der Waals surface area contributed by atoms with Gasteiger partial charge in [-0.25, -0.2) is 4.79 Å². The number of nitrogens with two attached hydrogens (primary N) is 1. The molecule has 0 heterocycles. The normalized spacial score (nSPS) is 10.2. The second-order valence-corrected chi connectivity index (χ2v) is 2.27. The highest BCUT2D eigenvalue weighted by Crippen LogP contribution is 2.00. The van der Waals surface area contributed by atoms with Crippen molar-refractivity contribution in [3.63, 3.8) is 0 Å². The molecular formula is C9H10N2O2. The Morgan fingerprint density at radius 1 is 1.46 bits per heavy atom. The first kappa shape index (κ1) is 9.41. The van der Waals surface area contributed by atoms with E-state index in [9.17, 15) is 4.79 Å². The summed E-state index contributed by atoms with van der Waals surface area (Å²) < 4.78 is 0. The molecule has 13 heavy (non-hydrogen) atoms. The zero-order valence-electron chi connectivity index (χ0n) is 7.01. The molecule has 0 aliphatic heterocycles. The van der Waals surface area contributed by atoms with Crippen LogP contribution in [0.3, 0.4) is 0 Å². The second-order valence-electron chi connectivity index (χ2n) is 2.27. The molecule has 1 aromatic carbocycles. The van der Waals surface area contributed by atoms with Crippen LogP contribution < -0.4 is 5.73 Å². The zero-order chi connectivity index (χ0) is 9.52. The van der Waals surface area contributed by atoms with Crippen molar-refractivity contribution in [2.24, 2.45) is 10.9 Å². The van der Waals surface area contributed by atoms with Crippen molar-refractivity contribution in [2.75, 3.05) is 6.54 Å². The molecule has 4 heteroatoms. The van der Waals surface area contributed by atoms with E-state index in [0.717, 1.165) is 0 Å². The Labute approximate surface area is 76.0 Å². The fourth-order valence-corrected chi connectivity index (χ4v) is 0.755. The molecule has 68 valence electrons. The van der Waals surface area contributed by atoms with E-state index in [-0.39, 0.29) is 6.54 Å². The summed E-state index contributed by atoms with van der Waals surface area (Å²) >= 11 is 0. The van der Waals surface area contributed by atoms with Crippen molar-refractivity contribution >= 4 is 12.2 Å². The van der Waals surface area contributed by atoms with Crippen LogP contribution in [0.4, 0.5) is 0 Å². The van der Waals surface area contributed by atoms with Gasteiger partial charge in [-0.15, -0.1) is 0 Å². The van der Waals surface area contributed by atoms with Gasteiger partial charge < -0.3 is 10.6 Å². The molecule has 2 N–H and O–H groups in total. The number of hydrogen-bond donors (Lipinski definition) is 1. The average molecular weight is 178 g/mol. The Balaban J connectivity index is 2.54.